The van der Waals surface area contributed by atoms with Crippen LogP contribution in [0.4, 0.5) is 0 Å². The van der Waals surface area contributed by atoms with E-state index >= 15 is 0 Å². The fraction of sp³-hybridized carbons (Fsp3) is 0.682. The maximum Gasteiger partial charge on any atom is 0.230 e. The summed E-state index contributed by atoms with van der Waals surface area (Å²) in [5.41, 5.74) is 0.726. The zero-order valence-corrected chi connectivity index (χ0v) is 15.8. The predicted molar refractivity (Wildman–Crippen MR) is 103 cm³/mol. The van der Waals surface area contributed by atoms with Crippen LogP contribution >= 0.6 is 0 Å². The fourth-order valence-electron chi connectivity index (χ4n) is 5.33. The van der Waals surface area contributed by atoms with E-state index in [4.69, 9.17) is 4.74 Å². The summed E-state index contributed by atoms with van der Waals surface area (Å²) in [6.45, 7) is 4.67. The maximum atomic E-state index is 13.3. The van der Waals surface area contributed by atoms with Crippen molar-refractivity contribution < 1.29 is 9.53 Å². The van der Waals surface area contributed by atoms with Crippen LogP contribution in [-0.2, 0) is 14.9 Å². The van der Waals surface area contributed by atoms with E-state index in [2.05, 4.69) is 22.3 Å². The predicted octanol–water partition coefficient (Wildman–Crippen LogP) is 3.12. The van der Waals surface area contributed by atoms with Gasteiger partial charge in [0.2, 0.25) is 5.91 Å². The second-order valence-corrected chi connectivity index (χ2v) is 8.27. The molecular formula is C22H32N2O2. The Balaban J connectivity index is 1.45. The van der Waals surface area contributed by atoms with Gasteiger partial charge < -0.3 is 15.0 Å². The van der Waals surface area contributed by atoms with Crippen LogP contribution in [0.15, 0.2) is 30.3 Å². The van der Waals surface area contributed by atoms with Crippen LogP contribution in [0.2, 0.25) is 0 Å². The zero-order chi connectivity index (χ0) is 17.8. The Kier molecular flexibility index (Phi) is 5.60. The number of carbonyl (C=O) groups is 1. The largest absolute Gasteiger partial charge is 0.381 e. The van der Waals surface area contributed by atoms with Crippen LogP contribution in [-0.4, -0.2) is 49.7 Å². The molecule has 0 aromatic heterocycles. The molecule has 0 spiro atoms. The first-order chi connectivity index (χ1) is 12.8. The van der Waals surface area contributed by atoms with E-state index in [-0.39, 0.29) is 5.91 Å². The van der Waals surface area contributed by atoms with Crippen LogP contribution in [0.3, 0.4) is 0 Å². The van der Waals surface area contributed by atoms with Gasteiger partial charge in [-0.05, 0) is 63.1 Å². The molecule has 0 aliphatic carbocycles. The van der Waals surface area contributed by atoms with E-state index < -0.39 is 5.41 Å². The quantitative estimate of drug-likeness (QED) is 0.901. The van der Waals surface area contributed by atoms with Gasteiger partial charge in [-0.3, -0.25) is 4.79 Å². The Hall–Kier alpha value is -1.39. The number of ether oxygens (including phenoxy) is 1. The Bertz CT molecular complexity index is 595. The second kappa shape index (κ2) is 8.10. The topological polar surface area (TPSA) is 41.6 Å². The molecule has 3 fully saturated rings. The molecule has 4 rings (SSSR count). The van der Waals surface area contributed by atoms with Gasteiger partial charge in [0, 0.05) is 25.8 Å². The molecule has 1 amide bonds. The van der Waals surface area contributed by atoms with Crippen LogP contribution in [0.5, 0.6) is 0 Å². The van der Waals surface area contributed by atoms with Crippen LogP contribution in [0, 0.1) is 5.92 Å². The number of carbonyl (C=O) groups excluding carboxylic acids is 1. The molecule has 26 heavy (non-hydrogen) atoms. The molecule has 3 aliphatic rings. The summed E-state index contributed by atoms with van der Waals surface area (Å²) in [5.74, 6) is 0.820. The first-order valence-corrected chi connectivity index (χ1v) is 10.5. The molecule has 1 aromatic rings. The van der Waals surface area contributed by atoms with Crippen molar-refractivity contribution in [2.45, 2.75) is 56.4 Å². The van der Waals surface area contributed by atoms with E-state index in [1.54, 1.807) is 0 Å². The highest BCUT2D eigenvalue weighted by molar-refractivity contribution is 5.88. The number of amides is 1. The zero-order valence-electron chi connectivity index (χ0n) is 15.8. The van der Waals surface area contributed by atoms with Gasteiger partial charge in [-0.25, -0.2) is 0 Å². The van der Waals surface area contributed by atoms with Crippen molar-refractivity contribution in [1.82, 2.24) is 10.2 Å². The van der Waals surface area contributed by atoms with Gasteiger partial charge in [-0.1, -0.05) is 36.8 Å². The number of hydrogen-bond acceptors (Lipinski definition) is 3. The van der Waals surface area contributed by atoms with Gasteiger partial charge in [0.15, 0.2) is 0 Å². The highest BCUT2D eigenvalue weighted by Gasteiger charge is 2.42. The van der Waals surface area contributed by atoms with Crippen molar-refractivity contribution in [3.63, 3.8) is 0 Å². The van der Waals surface area contributed by atoms with Crippen molar-refractivity contribution in [3.8, 4) is 0 Å². The minimum atomic E-state index is -0.416. The van der Waals surface area contributed by atoms with E-state index in [0.29, 0.717) is 25.2 Å². The molecule has 0 unspecified atom stereocenters. The number of fused-ring (bicyclic) bond motifs is 1. The van der Waals surface area contributed by atoms with E-state index in [1.165, 1.54) is 45.2 Å². The van der Waals surface area contributed by atoms with E-state index in [9.17, 15) is 4.79 Å². The second-order valence-electron chi connectivity index (χ2n) is 8.27. The molecular weight excluding hydrogens is 324 g/mol. The first-order valence-electron chi connectivity index (χ1n) is 10.5. The van der Waals surface area contributed by atoms with Crippen molar-refractivity contribution >= 4 is 5.91 Å². The maximum absolute atomic E-state index is 13.3. The third-order valence-corrected chi connectivity index (χ3v) is 6.86. The summed E-state index contributed by atoms with van der Waals surface area (Å²) < 4.78 is 5.57. The fourth-order valence-corrected chi connectivity index (χ4v) is 5.33. The lowest BCUT2D eigenvalue weighted by atomic mass is 9.73. The molecule has 0 bridgehead atoms. The Morgan fingerprint density at radius 2 is 1.85 bits per heavy atom. The van der Waals surface area contributed by atoms with Gasteiger partial charge in [-0.15, -0.1) is 0 Å². The summed E-state index contributed by atoms with van der Waals surface area (Å²) >= 11 is 0. The van der Waals surface area contributed by atoms with Crippen molar-refractivity contribution in [3.05, 3.63) is 35.9 Å². The number of nitrogens with zero attached hydrogens (tertiary/aromatic N) is 1. The van der Waals surface area contributed by atoms with Crippen molar-refractivity contribution in [2.24, 2.45) is 5.92 Å². The number of nitrogens with one attached hydrogen (secondary N) is 1. The standard InChI is InChI=1S/C22H32N2O2/c25-21(22(11-15-26-16-12-22)19-8-2-1-3-9-19)23-17-18-7-6-14-24-13-5-4-10-20(18)24/h1-3,8-9,18,20H,4-7,10-17H2,(H,23,25)/t18-,20+/m0/s1. The molecule has 3 aliphatic heterocycles. The minimum Gasteiger partial charge on any atom is -0.381 e. The Morgan fingerprint density at radius 3 is 2.65 bits per heavy atom. The number of hydrogen-bond donors (Lipinski definition) is 1. The van der Waals surface area contributed by atoms with E-state index in [0.717, 1.165) is 24.9 Å². The molecule has 0 saturated carbocycles. The highest BCUT2D eigenvalue weighted by atomic mass is 16.5. The van der Waals surface area contributed by atoms with Crippen LogP contribution in [0.25, 0.3) is 0 Å². The molecule has 1 N–H and O–H groups in total. The summed E-state index contributed by atoms with van der Waals surface area (Å²) in [6.07, 6.45) is 8.07. The lowest BCUT2D eigenvalue weighted by molar-refractivity contribution is -0.131. The molecule has 0 radical (unpaired) electrons. The smallest absolute Gasteiger partial charge is 0.230 e. The van der Waals surface area contributed by atoms with E-state index in [1.807, 2.05) is 18.2 Å². The summed E-state index contributed by atoms with van der Waals surface area (Å²) in [7, 11) is 0. The monoisotopic (exact) mass is 356 g/mol. The van der Waals surface area contributed by atoms with Crippen molar-refractivity contribution in [2.75, 3.05) is 32.8 Å². The van der Waals surface area contributed by atoms with Gasteiger partial charge in [-0.2, -0.15) is 0 Å². The van der Waals surface area contributed by atoms with Gasteiger partial charge in [0.1, 0.15) is 0 Å². The SMILES string of the molecule is O=C(NC[C@@H]1CCCN2CCCC[C@H]12)C1(c2ccccc2)CCOCC1. The van der Waals surface area contributed by atoms with Gasteiger partial charge >= 0.3 is 0 Å². The molecule has 3 heterocycles. The third kappa shape index (κ3) is 3.54. The molecule has 4 heteroatoms. The number of piperidine rings is 2. The molecule has 4 nitrogen and oxygen atoms in total. The lowest BCUT2D eigenvalue weighted by Gasteiger charge is -2.45. The molecule has 3 saturated heterocycles. The first kappa shape index (κ1) is 18.0. The number of rotatable bonds is 4. The number of benzene rings is 1. The lowest BCUT2D eigenvalue weighted by Crippen LogP contribution is -2.53. The van der Waals surface area contributed by atoms with Crippen molar-refractivity contribution in [1.29, 1.82) is 0 Å². The average Bonchev–Trinajstić information content (AvgIpc) is 2.73. The Labute approximate surface area is 157 Å². The summed E-state index contributed by atoms with van der Waals surface area (Å²) in [4.78, 5) is 16.0. The summed E-state index contributed by atoms with van der Waals surface area (Å²) in [6, 6.07) is 11.0. The summed E-state index contributed by atoms with van der Waals surface area (Å²) in [5, 5.41) is 3.37. The highest BCUT2D eigenvalue weighted by Crippen LogP contribution is 2.36. The molecule has 142 valence electrons. The Morgan fingerprint density at radius 1 is 1.08 bits per heavy atom. The van der Waals surface area contributed by atoms with Gasteiger partial charge in [0.25, 0.3) is 0 Å². The average molecular weight is 357 g/mol. The van der Waals surface area contributed by atoms with Crippen LogP contribution < -0.4 is 5.32 Å². The van der Waals surface area contributed by atoms with Crippen LogP contribution in [0.1, 0.15) is 50.5 Å². The minimum absolute atomic E-state index is 0.208. The van der Waals surface area contributed by atoms with Gasteiger partial charge in [0.05, 0.1) is 5.41 Å². The molecule has 1 aromatic carbocycles. The third-order valence-electron chi connectivity index (χ3n) is 6.86. The molecule has 2 atom stereocenters. The normalized spacial score (nSPS) is 28.9.